The van der Waals surface area contributed by atoms with Crippen molar-refractivity contribution in [1.29, 1.82) is 0 Å². The number of rotatable bonds is 6. The molecule has 0 saturated heterocycles. The molecule has 52 heavy (non-hydrogen) atoms. The number of nitrogens with zero attached hydrogens (tertiary/aromatic N) is 1. The third kappa shape index (κ3) is 5.04. The molecule has 9 aromatic carbocycles. The number of hydrogen-bond donors (Lipinski definition) is 0. The van der Waals surface area contributed by atoms with Gasteiger partial charge in [-0.3, -0.25) is 0 Å². The van der Waals surface area contributed by atoms with Crippen LogP contribution < -0.4 is 4.90 Å². The van der Waals surface area contributed by atoms with Gasteiger partial charge in [0.1, 0.15) is 11.2 Å². The average Bonchev–Trinajstić information content (AvgIpc) is 3.58. The SMILES string of the molecule is c1ccc(-c2ccc(N(c3ccc4c(c3)oc3c(-c5cccc6ccccc56)c5ccccc5cc34)c3ccccc3-c3ccccc3)cc2)cc1. The fourth-order valence-corrected chi connectivity index (χ4v) is 7.80. The van der Waals surface area contributed by atoms with Crippen LogP contribution in [-0.2, 0) is 0 Å². The summed E-state index contributed by atoms with van der Waals surface area (Å²) in [6.45, 7) is 0. The molecule has 0 bridgehead atoms. The molecular weight excluding hydrogens is 631 g/mol. The third-order valence-electron chi connectivity index (χ3n) is 10.2. The monoisotopic (exact) mass is 663 g/mol. The lowest BCUT2D eigenvalue weighted by molar-refractivity contribution is 0.670. The van der Waals surface area contributed by atoms with Gasteiger partial charge in [-0.2, -0.15) is 0 Å². The van der Waals surface area contributed by atoms with E-state index >= 15 is 0 Å². The molecule has 0 saturated carbocycles. The number of benzene rings is 9. The molecule has 0 atom stereocenters. The van der Waals surface area contributed by atoms with Crippen molar-refractivity contribution < 1.29 is 4.42 Å². The van der Waals surface area contributed by atoms with Crippen LogP contribution in [0.15, 0.2) is 205 Å². The van der Waals surface area contributed by atoms with Crippen LogP contribution >= 0.6 is 0 Å². The van der Waals surface area contributed by atoms with Gasteiger partial charge in [0.05, 0.1) is 5.69 Å². The molecule has 0 spiro atoms. The van der Waals surface area contributed by atoms with Crippen molar-refractivity contribution in [3.05, 3.63) is 200 Å². The highest BCUT2D eigenvalue weighted by molar-refractivity contribution is 6.21. The fourth-order valence-electron chi connectivity index (χ4n) is 7.80. The van der Waals surface area contributed by atoms with Gasteiger partial charge < -0.3 is 9.32 Å². The van der Waals surface area contributed by atoms with Crippen LogP contribution in [-0.4, -0.2) is 0 Å². The molecule has 10 rings (SSSR count). The van der Waals surface area contributed by atoms with Crippen molar-refractivity contribution in [3.63, 3.8) is 0 Å². The van der Waals surface area contributed by atoms with E-state index in [4.69, 9.17) is 4.42 Å². The first-order valence-electron chi connectivity index (χ1n) is 17.8. The summed E-state index contributed by atoms with van der Waals surface area (Å²) in [7, 11) is 0. The first-order chi connectivity index (χ1) is 25.8. The Morgan fingerprint density at radius 2 is 0.942 bits per heavy atom. The number of anilines is 3. The Hall–Kier alpha value is -6.90. The maximum atomic E-state index is 7.02. The highest BCUT2D eigenvalue weighted by atomic mass is 16.3. The molecule has 0 aliphatic rings. The van der Waals surface area contributed by atoms with Gasteiger partial charge in [-0.1, -0.05) is 158 Å². The molecule has 1 aromatic heterocycles. The Bertz CT molecular complexity index is 2880. The zero-order chi connectivity index (χ0) is 34.4. The van der Waals surface area contributed by atoms with Gasteiger partial charge in [0.2, 0.25) is 0 Å². The van der Waals surface area contributed by atoms with Crippen LogP contribution in [0.3, 0.4) is 0 Å². The van der Waals surface area contributed by atoms with Crippen LogP contribution in [0.2, 0.25) is 0 Å². The van der Waals surface area contributed by atoms with E-state index in [0.29, 0.717) is 0 Å². The second-order valence-corrected chi connectivity index (χ2v) is 13.3. The molecular formula is C50H33NO. The minimum Gasteiger partial charge on any atom is -0.455 e. The van der Waals surface area contributed by atoms with E-state index in [1.54, 1.807) is 0 Å². The molecule has 2 nitrogen and oxygen atoms in total. The second kappa shape index (κ2) is 12.5. The molecule has 0 aliphatic heterocycles. The van der Waals surface area contributed by atoms with Crippen LogP contribution in [0.5, 0.6) is 0 Å². The van der Waals surface area contributed by atoms with Crippen LogP contribution in [0.25, 0.3) is 76.9 Å². The zero-order valence-corrected chi connectivity index (χ0v) is 28.4. The number of fused-ring (bicyclic) bond motifs is 5. The van der Waals surface area contributed by atoms with E-state index in [1.807, 2.05) is 0 Å². The van der Waals surface area contributed by atoms with Crippen molar-refractivity contribution in [2.45, 2.75) is 0 Å². The molecule has 0 aliphatic carbocycles. The molecule has 0 unspecified atom stereocenters. The van der Waals surface area contributed by atoms with Crippen molar-refractivity contribution in [2.75, 3.05) is 4.90 Å². The summed E-state index contributed by atoms with van der Waals surface area (Å²) in [5, 5.41) is 7.02. The summed E-state index contributed by atoms with van der Waals surface area (Å²) in [5.74, 6) is 0. The standard InChI is InChI=1S/C50H33NO/c1-3-14-34(15-4-1)35-26-28-39(29-27-35)51(47-25-12-11-22-42(47)37-16-5-2-6-17-37)40-30-31-44-46-32-38-19-8-10-23-43(38)49(50(46)52-48(44)33-40)45-24-13-20-36-18-7-9-21-41(36)45/h1-33H. The van der Waals surface area contributed by atoms with Crippen LogP contribution in [0.4, 0.5) is 17.1 Å². The molecule has 0 radical (unpaired) electrons. The lowest BCUT2D eigenvalue weighted by atomic mass is 9.92. The van der Waals surface area contributed by atoms with Gasteiger partial charge >= 0.3 is 0 Å². The maximum absolute atomic E-state index is 7.02. The van der Waals surface area contributed by atoms with Crippen molar-refractivity contribution in [3.8, 4) is 33.4 Å². The van der Waals surface area contributed by atoms with E-state index in [2.05, 4.69) is 205 Å². The van der Waals surface area contributed by atoms with Crippen LogP contribution in [0.1, 0.15) is 0 Å². The predicted octanol–water partition coefficient (Wildman–Crippen LogP) is 14.4. The average molecular weight is 664 g/mol. The van der Waals surface area contributed by atoms with Crippen molar-refractivity contribution in [1.82, 2.24) is 0 Å². The predicted molar refractivity (Wildman–Crippen MR) is 220 cm³/mol. The van der Waals surface area contributed by atoms with E-state index in [-0.39, 0.29) is 0 Å². The van der Waals surface area contributed by atoms with E-state index in [9.17, 15) is 0 Å². The quantitative estimate of drug-likeness (QED) is 0.176. The van der Waals surface area contributed by atoms with E-state index in [1.165, 1.54) is 43.8 Å². The summed E-state index contributed by atoms with van der Waals surface area (Å²) < 4.78 is 7.02. The summed E-state index contributed by atoms with van der Waals surface area (Å²) in [5.41, 5.74) is 12.0. The minimum atomic E-state index is 0.854. The van der Waals surface area contributed by atoms with E-state index in [0.717, 1.165) is 50.1 Å². The lowest BCUT2D eigenvalue weighted by Crippen LogP contribution is -2.11. The summed E-state index contributed by atoms with van der Waals surface area (Å²) >= 11 is 0. The highest BCUT2D eigenvalue weighted by Gasteiger charge is 2.21. The number of furan rings is 1. The summed E-state index contributed by atoms with van der Waals surface area (Å²) in [6, 6.07) is 71.5. The Morgan fingerprint density at radius 1 is 0.346 bits per heavy atom. The number of hydrogen-bond acceptors (Lipinski definition) is 2. The van der Waals surface area contributed by atoms with Gasteiger partial charge in [-0.15, -0.1) is 0 Å². The first-order valence-corrected chi connectivity index (χ1v) is 17.8. The molecule has 244 valence electrons. The molecule has 10 aromatic rings. The molecule has 0 fully saturated rings. The first kappa shape index (κ1) is 30.0. The van der Waals surface area contributed by atoms with Crippen molar-refractivity contribution >= 4 is 60.5 Å². The topological polar surface area (TPSA) is 16.4 Å². The normalized spacial score (nSPS) is 11.5. The second-order valence-electron chi connectivity index (χ2n) is 13.3. The fraction of sp³-hybridized carbons (Fsp3) is 0. The van der Waals surface area contributed by atoms with Crippen molar-refractivity contribution in [2.24, 2.45) is 0 Å². The Balaban J connectivity index is 1.20. The van der Waals surface area contributed by atoms with Gasteiger partial charge in [0.15, 0.2) is 0 Å². The molecule has 0 N–H and O–H groups in total. The maximum Gasteiger partial charge on any atom is 0.143 e. The minimum absolute atomic E-state index is 0.854. The van der Waals surface area contributed by atoms with E-state index < -0.39 is 0 Å². The molecule has 1 heterocycles. The third-order valence-corrected chi connectivity index (χ3v) is 10.2. The Kier molecular flexibility index (Phi) is 7.18. The molecule has 2 heteroatoms. The largest absolute Gasteiger partial charge is 0.455 e. The zero-order valence-electron chi connectivity index (χ0n) is 28.4. The van der Waals surface area contributed by atoms with Gasteiger partial charge in [0, 0.05) is 39.3 Å². The number of para-hydroxylation sites is 1. The van der Waals surface area contributed by atoms with Crippen LogP contribution in [0, 0.1) is 0 Å². The van der Waals surface area contributed by atoms with Gasteiger partial charge in [-0.05, 0) is 80.2 Å². The van der Waals surface area contributed by atoms with Gasteiger partial charge in [-0.25, -0.2) is 0 Å². The lowest BCUT2D eigenvalue weighted by Gasteiger charge is -2.28. The molecule has 0 amide bonds. The Labute approximate surface area is 302 Å². The smallest absolute Gasteiger partial charge is 0.143 e. The Morgan fingerprint density at radius 3 is 1.75 bits per heavy atom. The summed E-state index contributed by atoms with van der Waals surface area (Å²) in [6.07, 6.45) is 0. The highest BCUT2D eigenvalue weighted by Crippen LogP contribution is 2.46. The summed E-state index contributed by atoms with van der Waals surface area (Å²) in [4.78, 5) is 2.35. The van der Waals surface area contributed by atoms with Gasteiger partial charge in [0.25, 0.3) is 0 Å².